The summed E-state index contributed by atoms with van der Waals surface area (Å²) >= 11 is 0. The maximum absolute atomic E-state index is 5.38. The Kier molecular flexibility index (Phi) is 6.36. The molecule has 1 aromatic rings. The maximum Gasteiger partial charge on any atom is 0.151 e. The fourth-order valence-corrected chi connectivity index (χ4v) is 2.15. The van der Waals surface area contributed by atoms with Crippen LogP contribution >= 0.6 is 0 Å². The first kappa shape index (κ1) is 15.2. The van der Waals surface area contributed by atoms with Crippen LogP contribution in [-0.2, 0) is 13.1 Å². The van der Waals surface area contributed by atoms with Crippen LogP contribution in [-0.4, -0.2) is 30.2 Å². The van der Waals surface area contributed by atoms with Gasteiger partial charge in [-0.3, -0.25) is 4.90 Å². The van der Waals surface area contributed by atoms with Crippen LogP contribution in [0.25, 0.3) is 0 Å². The molecule has 0 aliphatic carbocycles. The van der Waals surface area contributed by atoms with E-state index in [1.807, 2.05) is 13.1 Å². The van der Waals surface area contributed by atoms with E-state index in [-0.39, 0.29) is 0 Å². The largest absolute Gasteiger partial charge is 0.360 e. The Morgan fingerprint density at radius 1 is 1.22 bits per heavy atom. The number of nitrogens with zero attached hydrogens (tertiary/aromatic N) is 2. The number of hydrogen-bond donors (Lipinski definition) is 1. The topological polar surface area (TPSA) is 41.3 Å². The second-order valence-corrected chi connectivity index (χ2v) is 5.80. The lowest BCUT2D eigenvalue weighted by Crippen LogP contribution is -2.30. The van der Waals surface area contributed by atoms with Crippen LogP contribution in [0.2, 0.25) is 0 Å². The Hall–Kier alpha value is -0.870. The molecule has 1 N–H and O–H groups in total. The molecular weight excluding hydrogens is 226 g/mol. The highest BCUT2D eigenvalue weighted by Crippen LogP contribution is 2.11. The smallest absolute Gasteiger partial charge is 0.151 e. The molecule has 0 bridgehead atoms. The predicted molar refractivity (Wildman–Crippen MR) is 74.2 cm³/mol. The minimum Gasteiger partial charge on any atom is -0.360 e. The monoisotopic (exact) mass is 253 g/mol. The van der Waals surface area contributed by atoms with E-state index in [0.717, 1.165) is 37.6 Å². The first-order valence-electron chi connectivity index (χ1n) is 6.82. The molecule has 0 saturated carbocycles. The van der Waals surface area contributed by atoms with Crippen molar-refractivity contribution < 1.29 is 4.52 Å². The van der Waals surface area contributed by atoms with Gasteiger partial charge in [0, 0.05) is 25.7 Å². The highest BCUT2D eigenvalue weighted by Gasteiger charge is 2.13. The molecule has 1 rings (SSSR count). The van der Waals surface area contributed by atoms with Crippen LogP contribution < -0.4 is 5.32 Å². The molecule has 0 spiro atoms. The molecule has 0 amide bonds. The van der Waals surface area contributed by atoms with Gasteiger partial charge in [-0.05, 0) is 18.9 Å². The average Bonchev–Trinajstić information content (AvgIpc) is 2.64. The zero-order chi connectivity index (χ0) is 13.5. The fraction of sp³-hybridized carbons (Fsp3) is 0.786. The van der Waals surface area contributed by atoms with Gasteiger partial charge in [0.2, 0.25) is 0 Å². The second-order valence-electron chi connectivity index (χ2n) is 5.80. The first-order chi connectivity index (χ1) is 8.51. The van der Waals surface area contributed by atoms with Gasteiger partial charge in [0.15, 0.2) is 5.76 Å². The van der Waals surface area contributed by atoms with E-state index in [2.05, 4.69) is 43.1 Å². The van der Waals surface area contributed by atoms with Gasteiger partial charge in [-0.15, -0.1) is 0 Å². The van der Waals surface area contributed by atoms with Crippen LogP contribution in [0.5, 0.6) is 0 Å². The van der Waals surface area contributed by atoms with Crippen LogP contribution in [0.3, 0.4) is 0 Å². The van der Waals surface area contributed by atoms with Gasteiger partial charge in [-0.1, -0.05) is 32.9 Å². The lowest BCUT2D eigenvalue weighted by Gasteiger charge is -2.24. The quantitative estimate of drug-likeness (QED) is 0.773. The van der Waals surface area contributed by atoms with Crippen molar-refractivity contribution in [3.63, 3.8) is 0 Å². The van der Waals surface area contributed by atoms with Gasteiger partial charge in [-0.2, -0.15) is 0 Å². The summed E-state index contributed by atoms with van der Waals surface area (Å²) < 4.78 is 5.38. The number of hydrogen-bond acceptors (Lipinski definition) is 4. The van der Waals surface area contributed by atoms with E-state index in [1.54, 1.807) is 0 Å². The van der Waals surface area contributed by atoms with Crippen molar-refractivity contribution in [1.82, 2.24) is 15.4 Å². The lowest BCUT2D eigenvalue weighted by atomic mass is 10.1. The van der Waals surface area contributed by atoms with Crippen LogP contribution in [0.4, 0.5) is 0 Å². The minimum absolute atomic E-state index is 0.670. The summed E-state index contributed by atoms with van der Waals surface area (Å²) in [4.78, 5) is 2.44. The van der Waals surface area contributed by atoms with Crippen molar-refractivity contribution in [3.8, 4) is 0 Å². The molecule has 0 aliphatic rings. The fourth-order valence-electron chi connectivity index (χ4n) is 2.15. The molecule has 104 valence electrons. The SMILES string of the molecule is CNCc1cc(CN(CC(C)C)CC(C)C)on1. The predicted octanol–water partition coefficient (Wildman–Crippen LogP) is 2.51. The molecule has 0 atom stereocenters. The van der Waals surface area contributed by atoms with E-state index in [0.29, 0.717) is 11.8 Å². The van der Waals surface area contributed by atoms with Crippen LogP contribution in [0.15, 0.2) is 10.6 Å². The molecule has 0 saturated heterocycles. The van der Waals surface area contributed by atoms with Gasteiger partial charge < -0.3 is 9.84 Å². The molecule has 0 aliphatic heterocycles. The molecule has 1 heterocycles. The van der Waals surface area contributed by atoms with Gasteiger partial charge in [0.05, 0.1) is 12.2 Å². The zero-order valence-electron chi connectivity index (χ0n) is 12.4. The van der Waals surface area contributed by atoms with Crippen molar-refractivity contribution in [2.24, 2.45) is 11.8 Å². The molecule has 0 fully saturated rings. The van der Waals surface area contributed by atoms with Crippen LogP contribution in [0, 0.1) is 11.8 Å². The summed E-state index contributed by atoms with van der Waals surface area (Å²) in [6.45, 7) is 12.8. The molecule has 0 radical (unpaired) electrons. The molecule has 0 aromatic carbocycles. The minimum atomic E-state index is 0.670. The Morgan fingerprint density at radius 3 is 2.33 bits per heavy atom. The van der Waals surface area contributed by atoms with Crippen molar-refractivity contribution in [2.45, 2.75) is 40.8 Å². The molecule has 1 aromatic heterocycles. The van der Waals surface area contributed by atoms with Gasteiger partial charge in [0.1, 0.15) is 0 Å². The molecule has 4 nitrogen and oxygen atoms in total. The summed E-state index contributed by atoms with van der Waals surface area (Å²) in [5.74, 6) is 2.30. The highest BCUT2D eigenvalue weighted by molar-refractivity contribution is 5.05. The van der Waals surface area contributed by atoms with E-state index >= 15 is 0 Å². The third-order valence-corrected chi connectivity index (χ3v) is 2.59. The normalized spacial score (nSPS) is 12.0. The summed E-state index contributed by atoms with van der Waals surface area (Å²) in [7, 11) is 1.91. The van der Waals surface area contributed by atoms with Crippen LogP contribution in [0.1, 0.15) is 39.1 Å². The number of rotatable bonds is 8. The standard InChI is InChI=1S/C14H27N3O/c1-11(2)8-17(9-12(3)4)10-14-6-13(7-15-5)16-18-14/h6,11-12,15H,7-10H2,1-5H3. The maximum atomic E-state index is 5.38. The first-order valence-corrected chi connectivity index (χ1v) is 6.82. The Bertz CT molecular complexity index is 324. The molecule has 0 unspecified atom stereocenters. The van der Waals surface area contributed by atoms with Crippen molar-refractivity contribution in [2.75, 3.05) is 20.1 Å². The number of nitrogens with one attached hydrogen (secondary N) is 1. The van der Waals surface area contributed by atoms with Crippen molar-refractivity contribution in [1.29, 1.82) is 0 Å². The Labute approximate surface area is 111 Å². The summed E-state index contributed by atoms with van der Waals surface area (Å²) in [6, 6.07) is 2.05. The summed E-state index contributed by atoms with van der Waals surface area (Å²) in [5, 5.41) is 7.13. The van der Waals surface area contributed by atoms with Crippen molar-refractivity contribution >= 4 is 0 Å². The third-order valence-electron chi connectivity index (χ3n) is 2.59. The second kappa shape index (κ2) is 7.54. The highest BCUT2D eigenvalue weighted by atomic mass is 16.5. The van der Waals surface area contributed by atoms with Gasteiger partial charge in [-0.25, -0.2) is 0 Å². The Morgan fingerprint density at radius 2 is 1.83 bits per heavy atom. The van der Waals surface area contributed by atoms with Crippen molar-refractivity contribution in [3.05, 3.63) is 17.5 Å². The lowest BCUT2D eigenvalue weighted by molar-refractivity contribution is 0.189. The van der Waals surface area contributed by atoms with Gasteiger partial charge in [0.25, 0.3) is 0 Å². The zero-order valence-corrected chi connectivity index (χ0v) is 12.4. The summed E-state index contributed by atoms with van der Waals surface area (Å²) in [6.07, 6.45) is 0. The average molecular weight is 253 g/mol. The van der Waals surface area contributed by atoms with E-state index < -0.39 is 0 Å². The Balaban J connectivity index is 2.57. The van der Waals surface area contributed by atoms with E-state index in [1.165, 1.54) is 0 Å². The summed E-state index contributed by atoms with van der Waals surface area (Å²) in [5.41, 5.74) is 0.974. The molecule has 4 heteroatoms. The van der Waals surface area contributed by atoms with E-state index in [4.69, 9.17) is 4.52 Å². The molecule has 18 heavy (non-hydrogen) atoms. The van der Waals surface area contributed by atoms with E-state index in [9.17, 15) is 0 Å². The van der Waals surface area contributed by atoms with Gasteiger partial charge >= 0.3 is 0 Å². The molecular formula is C14H27N3O. The number of aromatic nitrogens is 1. The third kappa shape index (κ3) is 5.65.